The molecule has 4 rings (SSSR count). The number of aliphatic hydroxyl groups excluding tert-OH is 2. The van der Waals surface area contributed by atoms with E-state index in [1.54, 1.807) is 12.1 Å². The summed E-state index contributed by atoms with van der Waals surface area (Å²) in [5.74, 6) is -8.44. The highest BCUT2D eigenvalue weighted by molar-refractivity contribution is 5.93. The van der Waals surface area contributed by atoms with Gasteiger partial charge in [-0.25, -0.2) is 9.59 Å². The van der Waals surface area contributed by atoms with E-state index in [0.29, 0.717) is 30.4 Å². The SMILES string of the molecule is O=C(Oc1ccc(C[C@H](CO)[C@@H](CCCO)Cc2ccc(OC(=O)c3cc(O)c(O)c(O)c3)c(O)c2)cc1O)c1cc(O)c(O)c(O)c1. The molecule has 2 atom stereocenters. The molecule has 14 nitrogen and oxygen atoms in total. The molecular weight excluding hydrogens is 632 g/mol. The fourth-order valence-corrected chi connectivity index (χ4v) is 5.16. The zero-order valence-electron chi connectivity index (χ0n) is 25.3. The molecule has 4 aromatic carbocycles. The highest BCUT2D eigenvalue weighted by atomic mass is 16.5. The molecule has 10 N–H and O–H groups in total. The number of phenols is 8. The molecule has 0 aliphatic carbocycles. The number of benzene rings is 4. The second-order valence-corrected chi connectivity index (χ2v) is 11.1. The van der Waals surface area contributed by atoms with Crippen LogP contribution in [0.25, 0.3) is 0 Å². The minimum atomic E-state index is -1.02. The summed E-state index contributed by atoms with van der Waals surface area (Å²) in [6, 6.07) is 12.1. The second-order valence-electron chi connectivity index (χ2n) is 11.1. The molecule has 0 amide bonds. The van der Waals surface area contributed by atoms with Gasteiger partial charge < -0.3 is 60.5 Å². The van der Waals surface area contributed by atoms with Crippen molar-refractivity contribution in [1.29, 1.82) is 0 Å². The average Bonchev–Trinajstić information content (AvgIpc) is 3.05. The van der Waals surface area contributed by atoms with Crippen molar-refractivity contribution in [3.8, 4) is 57.5 Å². The topological polar surface area (TPSA) is 255 Å². The first-order valence-corrected chi connectivity index (χ1v) is 14.6. The highest BCUT2D eigenvalue weighted by Crippen LogP contribution is 2.38. The van der Waals surface area contributed by atoms with Crippen LogP contribution in [-0.4, -0.2) is 76.2 Å². The van der Waals surface area contributed by atoms with Gasteiger partial charge in [0.15, 0.2) is 57.5 Å². The average molecular weight is 667 g/mol. The number of hydrogen-bond donors (Lipinski definition) is 10. The number of carbonyl (C=O) groups is 2. The van der Waals surface area contributed by atoms with E-state index < -0.39 is 52.2 Å². The molecule has 0 unspecified atom stereocenters. The Morgan fingerprint density at radius 1 is 0.542 bits per heavy atom. The lowest BCUT2D eigenvalue weighted by Gasteiger charge is -2.26. The molecule has 0 aromatic heterocycles. The fraction of sp³-hybridized carbons (Fsp3) is 0.235. The van der Waals surface area contributed by atoms with Crippen molar-refractivity contribution in [3.05, 3.63) is 82.9 Å². The maximum Gasteiger partial charge on any atom is 0.343 e. The molecule has 0 aliphatic rings. The van der Waals surface area contributed by atoms with Gasteiger partial charge >= 0.3 is 11.9 Å². The van der Waals surface area contributed by atoms with Gasteiger partial charge in [-0.2, -0.15) is 0 Å². The summed E-state index contributed by atoms with van der Waals surface area (Å²) in [6.07, 6.45) is 1.50. The number of rotatable bonds is 13. The van der Waals surface area contributed by atoms with E-state index in [0.717, 1.165) is 24.3 Å². The number of hydrogen-bond acceptors (Lipinski definition) is 14. The smallest absolute Gasteiger partial charge is 0.343 e. The Hall–Kier alpha value is -5.86. The van der Waals surface area contributed by atoms with Gasteiger partial charge in [-0.3, -0.25) is 0 Å². The Morgan fingerprint density at radius 3 is 1.29 bits per heavy atom. The van der Waals surface area contributed by atoms with Crippen LogP contribution in [0, 0.1) is 11.8 Å². The maximum absolute atomic E-state index is 12.5. The monoisotopic (exact) mass is 666 g/mol. The van der Waals surface area contributed by atoms with E-state index >= 15 is 0 Å². The Kier molecular flexibility index (Phi) is 11.0. The minimum Gasteiger partial charge on any atom is -0.504 e. The van der Waals surface area contributed by atoms with Crippen LogP contribution in [0.4, 0.5) is 0 Å². The fourth-order valence-electron chi connectivity index (χ4n) is 5.16. The van der Waals surface area contributed by atoms with Crippen LogP contribution in [0.2, 0.25) is 0 Å². The Labute approximate surface area is 273 Å². The van der Waals surface area contributed by atoms with Gasteiger partial charge in [-0.1, -0.05) is 12.1 Å². The standard InChI is InChI=1S/C34H34O14/c35-7-1-2-19(8-17-3-5-29(23(37)10-17)47-33(45)20-12-25(39)31(43)26(40)13-20)22(16-36)9-18-4-6-30(24(38)11-18)48-34(46)21-14-27(41)32(44)28(42)15-21/h3-6,10-15,19,22,35-44H,1-2,7-9,16H2/t19-,22+/m0/s1. The zero-order valence-corrected chi connectivity index (χ0v) is 25.3. The number of esters is 2. The van der Waals surface area contributed by atoms with Gasteiger partial charge in [0.2, 0.25) is 0 Å². The van der Waals surface area contributed by atoms with Crippen molar-refractivity contribution < 1.29 is 70.1 Å². The van der Waals surface area contributed by atoms with Crippen LogP contribution in [-0.2, 0) is 12.8 Å². The van der Waals surface area contributed by atoms with Crippen molar-refractivity contribution >= 4 is 11.9 Å². The summed E-state index contributed by atoms with van der Waals surface area (Å²) in [5.41, 5.74) is 0.631. The number of aliphatic hydroxyl groups is 2. The Morgan fingerprint density at radius 2 is 0.938 bits per heavy atom. The largest absolute Gasteiger partial charge is 0.504 e. The first kappa shape index (κ1) is 35.0. The summed E-state index contributed by atoms with van der Waals surface area (Å²) < 4.78 is 10.4. The van der Waals surface area contributed by atoms with Crippen molar-refractivity contribution in [2.45, 2.75) is 25.7 Å². The summed E-state index contributed by atoms with van der Waals surface area (Å²) in [4.78, 5) is 25.0. The third-order valence-electron chi connectivity index (χ3n) is 7.69. The predicted molar refractivity (Wildman–Crippen MR) is 167 cm³/mol. The van der Waals surface area contributed by atoms with Crippen LogP contribution < -0.4 is 9.47 Å². The second kappa shape index (κ2) is 15.2. The minimum absolute atomic E-state index is 0.103. The molecule has 0 saturated carbocycles. The Balaban J connectivity index is 1.45. The van der Waals surface area contributed by atoms with Crippen molar-refractivity contribution in [3.63, 3.8) is 0 Å². The summed E-state index contributed by atoms with van der Waals surface area (Å²) in [5, 5.41) is 98.5. The molecule has 0 spiro atoms. The van der Waals surface area contributed by atoms with E-state index in [2.05, 4.69) is 0 Å². The molecule has 0 heterocycles. The maximum atomic E-state index is 12.5. The molecule has 4 aromatic rings. The molecule has 0 fully saturated rings. The first-order chi connectivity index (χ1) is 22.8. The van der Waals surface area contributed by atoms with Crippen molar-refractivity contribution in [1.82, 2.24) is 0 Å². The van der Waals surface area contributed by atoms with Crippen LogP contribution in [0.3, 0.4) is 0 Å². The molecule has 0 aliphatic heterocycles. The molecule has 254 valence electrons. The van der Waals surface area contributed by atoms with Crippen molar-refractivity contribution in [2.24, 2.45) is 11.8 Å². The molecule has 0 radical (unpaired) electrons. The van der Waals surface area contributed by atoms with E-state index in [9.17, 15) is 60.7 Å². The van der Waals surface area contributed by atoms with E-state index in [-0.39, 0.29) is 59.8 Å². The Bertz CT molecular complexity index is 1760. The lowest BCUT2D eigenvalue weighted by molar-refractivity contribution is 0.0720. The van der Waals surface area contributed by atoms with Crippen LogP contribution >= 0.6 is 0 Å². The van der Waals surface area contributed by atoms with Gasteiger partial charge in [0.25, 0.3) is 0 Å². The lowest BCUT2D eigenvalue weighted by atomic mass is 9.80. The number of carbonyl (C=O) groups excluding carboxylic acids is 2. The normalized spacial score (nSPS) is 12.3. The molecular formula is C34H34O14. The van der Waals surface area contributed by atoms with Gasteiger partial charge in [-0.05, 0) is 97.2 Å². The lowest BCUT2D eigenvalue weighted by Crippen LogP contribution is -2.23. The molecule has 0 bridgehead atoms. The third kappa shape index (κ3) is 8.29. The third-order valence-corrected chi connectivity index (χ3v) is 7.69. The molecule has 14 heteroatoms. The quantitative estimate of drug-likeness (QED) is 0.0556. The summed E-state index contributed by atoms with van der Waals surface area (Å²) in [7, 11) is 0. The summed E-state index contributed by atoms with van der Waals surface area (Å²) >= 11 is 0. The van der Waals surface area contributed by atoms with Crippen LogP contribution in [0.5, 0.6) is 57.5 Å². The molecule has 0 saturated heterocycles. The van der Waals surface area contributed by atoms with Crippen LogP contribution in [0.15, 0.2) is 60.7 Å². The predicted octanol–water partition coefficient (Wildman–Crippen LogP) is 3.55. The number of ether oxygens (including phenoxy) is 2. The van der Waals surface area contributed by atoms with Gasteiger partial charge in [-0.15, -0.1) is 0 Å². The first-order valence-electron chi connectivity index (χ1n) is 14.6. The van der Waals surface area contributed by atoms with Crippen LogP contribution in [0.1, 0.15) is 44.7 Å². The van der Waals surface area contributed by atoms with E-state index in [1.165, 1.54) is 24.3 Å². The van der Waals surface area contributed by atoms with E-state index in [1.807, 2.05) is 0 Å². The number of phenolic OH excluding ortho intramolecular Hbond substituents is 8. The summed E-state index contributed by atoms with van der Waals surface area (Å²) in [6.45, 7) is -0.371. The highest BCUT2D eigenvalue weighted by Gasteiger charge is 2.24. The van der Waals surface area contributed by atoms with Crippen molar-refractivity contribution in [2.75, 3.05) is 13.2 Å². The number of aromatic hydroxyl groups is 8. The molecule has 48 heavy (non-hydrogen) atoms. The van der Waals surface area contributed by atoms with Gasteiger partial charge in [0.1, 0.15) is 0 Å². The van der Waals surface area contributed by atoms with Gasteiger partial charge in [0.05, 0.1) is 11.1 Å². The van der Waals surface area contributed by atoms with Gasteiger partial charge in [0, 0.05) is 13.2 Å². The zero-order chi connectivity index (χ0) is 35.1. The van der Waals surface area contributed by atoms with E-state index in [4.69, 9.17) is 9.47 Å².